The number of hydrogen-bond acceptors (Lipinski definition) is 4. The summed E-state index contributed by atoms with van der Waals surface area (Å²) in [4.78, 5) is 12.4. The molecular weight excluding hydrogens is 338 g/mol. The summed E-state index contributed by atoms with van der Waals surface area (Å²) in [6.45, 7) is 13.3. The topological polar surface area (TPSA) is 50.9 Å². The number of carbonyl (C=O) groups excluding carboxylic acids is 1. The Morgan fingerprint density at radius 3 is 2.58 bits per heavy atom. The highest BCUT2D eigenvalue weighted by atomic mass is 32.2. The van der Waals surface area contributed by atoms with Crippen molar-refractivity contribution in [3.05, 3.63) is 0 Å². The van der Waals surface area contributed by atoms with Gasteiger partial charge in [0.1, 0.15) is 5.60 Å². The SMILES string of the molecule is CS[C@@H]1CCCC2O[C@@]21[C@@H]1NC(=O)[C@@H]1[C@@H](C)O[Si](C)(C)C(C)(C)C. The van der Waals surface area contributed by atoms with Crippen LogP contribution >= 0.6 is 11.8 Å². The van der Waals surface area contributed by atoms with Gasteiger partial charge in [0, 0.05) is 5.25 Å². The lowest BCUT2D eigenvalue weighted by Crippen LogP contribution is -2.71. The first-order valence-electron chi connectivity index (χ1n) is 9.23. The van der Waals surface area contributed by atoms with Crippen LogP contribution < -0.4 is 5.32 Å². The molecule has 0 aromatic rings. The molecule has 0 radical (unpaired) electrons. The van der Waals surface area contributed by atoms with Crippen LogP contribution in [0, 0.1) is 5.92 Å². The first-order chi connectivity index (χ1) is 11.0. The molecular formula is C18H33NO3SSi. The molecule has 1 amide bonds. The lowest BCUT2D eigenvalue weighted by atomic mass is 9.72. The second-order valence-electron chi connectivity index (χ2n) is 9.21. The normalized spacial score (nSPS) is 40.4. The molecule has 0 aromatic carbocycles. The number of β-lactam (4-membered cyclic amide) rings is 1. The molecule has 6 heteroatoms. The molecule has 0 spiro atoms. The molecule has 1 N–H and O–H groups in total. The van der Waals surface area contributed by atoms with E-state index in [1.165, 1.54) is 12.8 Å². The van der Waals surface area contributed by atoms with Crippen molar-refractivity contribution in [1.82, 2.24) is 5.32 Å². The lowest BCUT2D eigenvalue weighted by molar-refractivity contribution is -0.143. The second kappa shape index (κ2) is 6.00. The molecule has 1 unspecified atom stereocenters. The molecule has 6 atom stereocenters. The quantitative estimate of drug-likeness (QED) is 0.456. The minimum absolute atomic E-state index is 0.0479. The number of rotatable bonds is 5. The maximum absolute atomic E-state index is 12.4. The van der Waals surface area contributed by atoms with Gasteiger partial charge in [-0.25, -0.2) is 0 Å². The summed E-state index contributed by atoms with van der Waals surface area (Å²) in [5, 5.41) is 3.82. The van der Waals surface area contributed by atoms with Crippen molar-refractivity contribution >= 4 is 26.0 Å². The summed E-state index contributed by atoms with van der Waals surface area (Å²) in [5.41, 5.74) is -0.138. The van der Waals surface area contributed by atoms with E-state index in [1.807, 2.05) is 11.8 Å². The van der Waals surface area contributed by atoms with E-state index >= 15 is 0 Å². The van der Waals surface area contributed by atoms with Crippen molar-refractivity contribution in [2.24, 2.45) is 5.92 Å². The largest absolute Gasteiger partial charge is 0.413 e. The lowest BCUT2D eigenvalue weighted by Gasteiger charge is -2.49. The number of fused-ring (bicyclic) bond motifs is 1. The number of hydrogen-bond donors (Lipinski definition) is 1. The number of epoxide rings is 1. The number of nitrogens with one attached hydrogen (secondary N) is 1. The Bertz CT molecular complexity index is 521. The average molecular weight is 372 g/mol. The van der Waals surface area contributed by atoms with Crippen LogP contribution in [0.5, 0.6) is 0 Å². The van der Waals surface area contributed by atoms with E-state index in [9.17, 15) is 4.79 Å². The summed E-state index contributed by atoms with van der Waals surface area (Å²) in [5.74, 6) is 0.0668. The number of amides is 1. The summed E-state index contributed by atoms with van der Waals surface area (Å²) < 4.78 is 12.8. The average Bonchev–Trinajstić information content (AvgIpc) is 3.17. The molecule has 2 saturated heterocycles. The van der Waals surface area contributed by atoms with Crippen molar-refractivity contribution in [2.75, 3.05) is 6.26 Å². The molecule has 1 saturated carbocycles. The summed E-state index contributed by atoms with van der Waals surface area (Å²) in [6.07, 6.45) is 6.01. The van der Waals surface area contributed by atoms with E-state index in [4.69, 9.17) is 9.16 Å². The number of carbonyl (C=O) groups is 1. The van der Waals surface area contributed by atoms with Crippen molar-refractivity contribution in [2.45, 2.75) is 94.2 Å². The van der Waals surface area contributed by atoms with Crippen LogP contribution in [0.1, 0.15) is 47.0 Å². The second-order valence-corrected chi connectivity index (χ2v) is 15.0. The van der Waals surface area contributed by atoms with Crippen LogP contribution in [0.15, 0.2) is 0 Å². The van der Waals surface area contributed by atoms with Gasteiger partial charge < -0.3 is 14.5 Å². The zero-order chi connectivity index (χ0) is 17.9. The summed E-state index contributed by atoms with van der Waals surface area (Å²) >= 11 is 1.90. The Morgan fingerprint density at radius 1 is 1.38 bits per heavy atom. The van der Waals surface area contributed by atoms with Crippen molar-refractivity contribution in [3.63, 3.8) is 0 Å². The summed E-state index contributed by atoms with van der Waals surface area (Å²) in [7, 11) is -1.88. The van der Waals surface area contributed by atoms with Crippen molar-refractivity contribution < 1.29 is 14.0 Å². The molecule has 24 heavy (non-hydrogen) atoms. The summed E-state index contributed by atoms with van der Waals surface area (Å²) in [6, 6.07) is 0.118. The van der Waals surface area contributed by atoms with Crippen LogP contribution in [0.3, 0.4) is 0 Å². The zero-order valence-corrected chi connectivity index (χ0v) is 18.0. The van der Waals surface area contributed by atoms with Gasteiger partial charge in [-0.05, 0) is 50.6 Å². The van der Waals surface area contributed by atoms with Gasteiger partial charge in [0.15, 0.2) is 8.32 Å². The van der Waals surface area contributed by atoms with E-state index in [-0.39, 0.29) is 34.6 Å². The smallest absolute Gasteiger partial charge is 0.228 e. The first kappa shape index (κ1) is 18.7. The van der Waals surface area contributed by atoms with Gasteiger partial charge in [-0.15, -0.1) is 0 Å². The van der Waals surface area contributed by atoms with Gasteiger partial charge in [0.25, 0.3) is 0 Å². The molecule has 4 nitrogen and oxygen atoms in total. The third kappa shape index (κ3) is 2.77. The third-order valence-electron chi connectivity index (χ3n) is 6.75. The highest BCUT2D eigenvalue weighted by Crippen LogP contribution is 2.57. The molecule has 138 valence electrons. The Labute approximate surface area is 151 Å². The van der Waals surface area contributed by atoms with Crippen molar-refractivity contribution in [3.8, 4) is 0 Å². The molecule has 3 rings (SSSR count). The van der Waals surface area contributed by atoms with Crippen molar-refractivity contribution in [1.29, 1.82) is 0 Å². The van der Waals surface area contributed by atoms with Crippen LogP contribution in [-0.4, -0.2) is 49.6 Å². The van der Waals surface area contributed by atoms with Gasteiger partial charge in [-0.1, -0.05) is 20.8 Å². The predicted octanol–water partition coefficient (Wildman–Crippen LogP) is 3.56. The molecule has 2 heterocycles. The highest BCUT2D eigenvalue weighted by Gasteiger charge is 2.72. The van der Waals surface area contributed by atoms with Gasteiger partial charge in [-0.2, -0.15) is 11.8 Å². The van der Waals surface area contributed by atoms with Gasteiger partial charge in [0.2, 0.25) is 5.91 Å². The predicted molar refractivity (Wildman–Crippen MR) is 102 cm³/mol. The molecule has 3 aliphatic rings. The van der Waals surface area contributed by atoms with E-state index < -0.39 is 8.32 Å². The maximum Gasteiger partial charge on any atom is 0.228 e. The molecule has 2 aliphatic heterocycles. The van der Waals surface area contributed by atoms with E-state index in [1.54, 1.807) is 0 Å². The van der Waals surface area contributed by atoms with Crippen LogP contribution in [0.25, 0.3) is 0 Å². The third-order valence-corrected chi connectivity index (χ3v) is 12.5. The Hall–Kier alpha value is -0.0431. The Kier molecular flexibility index (Phi) is 4.68. The van der Waals surface area contributed by atoms with Crippen LogP contribution in [0.2, 0.25) is 18.1 Å². The molecule has 3 fully saturated rings. The van der Waals surface area contributed by atoms with E-state index in [2.05, 4.69) is 52.4 Å². The fourth-order valence-electron chi connectivity index (χ4n) is 4.26. The van der Waals surface area contributed by atoms with Gasteiger partial charge >= 0.3 is 0 Å². The molecule has 0 bridgehead atoms. The first-order valence-corrected chi connectivity index (χ1v) is 13.4. The monoisotopic (exact) mass is 371 g/mol. The molecule has 1 aliphatic carbocycles. The number of ether oxygens (including phenoxy) is 1. The van der Waals surface area contributed by atoms with Crippen LogP contribution in [-0.2, 0) is 14.0 Å². The maximum atomic E-state index is 12.4. The van der Waals surface area contributed by atoms with Crippen LogP contribution in [0.4, 0.5) is 0 Å². The number of thioether (sulfide) groups is 1. The fraction of sp³-hybridized carbons (Fsp3) is 0.944. The Balaban J connectivity index is 1.75. The minimum atomic E-state index is -1.88. The van der Waals surface area contributed by atoms with E-state index in [0.717, 1.165) is 6.42 Å². The zero-order valence-electron chi connectivity index (χ0n) is 16.1. The van der Waals surface area contributed by atoms with Gasteiger partial charge in [0.05, 0.1) is 24.2 Å². The van der Waals surface area contributed by atoms with E-state index in [0.29, 0.717) is 11.4 Å². The fourth-order valence-corrected chi connectivity index (χ4v) is 6.81. The van der Waals surface area contributed by atoms with Gasteiger partial charge in [-0.3, -0.25) is 4.79 Å². The minimum Gasteiger partial charge on any atom is -0.413 e. The standard InChI is InChI=1S/C18H33NO3SSi/c1-11(22-24(6,7)17(2,3)4)14-15(19-16(14)20)18-12(21-18)9-8-10-13(18)23-5/h11-15H,8-10H2,1-7H3,(H,19,20)/t11-,12?,13-,14-,15-,18+/m1/s1. The molecule has 0 aromatic heterocycles. The Morgan fingerprint density at radius 2 is 2.04 bits per heavy atom. The highest BCUT2D eigenvalue weighted by molar-refractivity contribution is 7.99.